The standard InChI is InChI=1S/C11H14FNO2.ClH/c1-7(10(14)15)11(2,13)8-3-5-9(12)6-4-8;/h3-7H,13H2,1-2H3,(H,14,15);1H. The fourth-order valence-electron chi connectivity index (χ4n) is 1.32. The summed E-state index contributed by atoms with van der Waals surface area (Å²) in [5.74, 6) is -2.06. The first kappa shape index (κ1) is 14.9. The molecule has 3 N–H and O–H groups in total. The van der Waals surface area contributed by atoms with E-state index in [1.807, 2.05) is 0 Å². The number of hydrogen-bond acceptors (Lipinski definition) is 2. The number of halogens is 2. The largest absolute Gasteiger partial charge is 0.481 e. The molecule has 2 atom stereocenters. The normalized spacial score (nSPS) is 15.8. The molecule has 3 nitrogen and oxygen atoms in total. The summed E-state index contributed by atoms with van der Waals surface area (Å²) < 4.78 is 12.7. The van der Waals surface area contributed by atoms with E-state index in [1.165, 1.54) is 31.2 Å². The molecule has 0 fully saturated rings. The number of rotatable bonds is 3. The van der Waals surface area contributed by atoms with Gasteiger partial charge in [0.15, 0.2) is 0 Å². The first-order valence-corrected chi connectivity index (χ1v) is 4.63. The molecule has 1 aromatic rings. The van der Waals surface area contributed by atoms with Crippen LogP contribution in [0.2, 0.25) is 0 Å². The van der Waals surface area contributed by atoms with E-state index in [4.69, 9.17) is 10.8 Å². The third-order valence-corrected chi connectivity index (χ3v) is 2.74. The van der Waals surface area contributed by atoms with Crippen molar-refractivity contribution in [3.05, 3.63) is 35.6 Å². The molecule has 0 aromatic heterocycles. The highest BCUT2D eigenvalue weighted by atomic mass is 35.5. The summed E-state index contributed by atoms with van der Waals surface area (Å²) in [7, 11) is 0. The third kappa shape index (κ3) is 2.93. The van der Waals surface area contributed by atoms with E-state index in [0.29, 0.717) is 5.56 Å². The molecule has 0 heterocycles. The van der Waals surface area contributed by atoms with E-state index in [-0.39, 0.29) is 18.2 Å². The van der Waals surface area contributed by atoms with Gasteiger partial charge in [0.05, 0.1) is 11.5 Å². The summed E-state index contributed by atoms with van der Waals surface area (Å²) in [5.41, 5.74) is 5.54. The zero-order valence-electron chi connectivity index (χ0n) is 9.11. The number of nitrogens with two attached hydrogens (primary N) is 1. The Morgan fingerprint density at radius 2 is 1.88 bits per heavy atom. The quantitative estimate of drug-likeness (QED) is 0.860. The second-order valence-corrected chi connectivity index (χ2v) is 3.85. The highest BCUT2D eigenvalue weighted by Gasteiger charge is 2.33. The SMILES string of the molecule is CC(C(=O)O)C(C)(N)c1ccc(F)cc1.Cl. The topological polar surface area (TPSA) is 63.3 Å². The minimum Gasteiger partial charge on any atom is -0.481 e. The van der Waals surface area contributed by atoms with Crippen molar-refractivity contribution < 1.29 is 14.3 Å². The average molecular weight is 248 g/mol. The van der Waals surface area contributed by atoms with Crippen LogP contribution in [0.25, 0.3) is 0 Å². The molecule has 5 heteroatoms. The molecule has 1 rings (SSSR count). The highest BCUT2D eigenvalue weighted by molar-refractivity contribution is 5.85. The zero-order chi connectivity index (χ0) is 11.6. The summed E-state index contributed by atoms with van der Waals surface area (Å²) in [6.45, 7) is 3.16. The van der Waals surface area contributed by atoms with E-state index in [2.05, 4.69) is 0 Å². The Labute approximate surface area is 99.9 Å². The Hall–Kier alpha value is -1.13. The van der Waals surface area contributed by atoms with Crippen molar-refractivity contribution in [2.24, 2.45) is 11.7 Å². The van der Waals surface area contributed by atoms with Gasteiger partial charge in [0.1, 0.15) is 5.82 Å². The Morgan fingerprint density at radius 1 is 1.44 bits per heavy atom. The summed E-state index contributed by atoms with van der Waals surface area (Å²) in [5, 5.41) is 8.88. The zero-order valence-corrected chi connectivity index (χ0v) is 9.92. The van der Waals surface area contributed by atoms with Crippen molar-refractivity contribution in [2.45, 2.75) is 19.4 Å². The summed E-state index contributed by atoms with van der Waals surface area (Å²) in [6, 6.07) is 5.56. The molecule has 0 radical (unpaired) electrons. The van der Waals surface area contributed by atoms with Gasteiger partial charge in [0.25, 0.3) is 0 Å². The van der Waals surface area contributed by atoms with Gasteiger partial charge in [-0.2, -0.15) is 0 Å². The van der Waals surface area contributed by atoms with Crippen LogP contribution in [0.4, 0.5) is 4.39 Å². The first-order valence-electron chi connectivity index (χ1n) is 4.63. The van der Waals surface area contributed by atoms with Crippen LogP contribution in [-0.4, -0.2) is 11.1 Å². The maximum atomic E-state index is 12.7. The van der Waals surface area contributed by atoms with E-state index in [0.717, 1.165) is 0 Å². The molecular weight excluding hydrogens is 233 g/mol. The van der Waals surface area contributed by atoms with Gasteiger partial charge in [0, 0.05) is 0 Å². The second-order valence-electron chi connectivity index (χ2n) is 3.85. The average Bonchev–Trinajstić information content (AvgIpc) is 2.17. The van der Waals surface area contributed by atoms with Crippen molar-refractivity contribution in [2.75, 3.05) is 0 Å². The molecule has 0 saturated carbocycles. The van der Waals surface area contributed by atoms with Crippen LogP contribution in [0.1, 0.15) is 19.4 Å². The lowest BCUT2D eigenvalue weighted by Crippen LogP contribution is -2.43. The molecule has 90 valence electrons. The highest BCUT2D eigenvalue weighted by Crippen LogP contribution is 2.26. The number of aliphatic carboxylic acids is 1. The van der Waals surface area contributed by atoms with Gasteiger partial charge in [-0.05, 0) is 31.5 Å². The van der Waals surface area contributed by atoms with Gasteiger partial charge in [-0.15, -0.1) is 12.4 Å². The van der Waals surface area contributed by atoms with Gasteiger partial charge in [-0.3, -0.25) is 4.79 Å². The Balaban J connectivity index is 0.00000225. The van der Waals surface area contributed by atoms with Gasteiger partial charge >= 0.3 is 5.97 Å². The van der Waals surface area contributed by atoms with Crippen molar-refractivity contribution >= 4 is 18.4 Å². The minimum atomic E-state index is -1.00. The van der Waals surface area contributed by atoms with Gasteiger partial charge in [-0.25, -0.2) is 4.39 Å². The third-order valence-electron chi connectivity index (χ3n) is 2.74. The number of hydrogen-bond donors (Lipinski definition) is 2. The molecule has 16 heavy (non-hydrogen) atoms. The van der Waals surface area contributed by atoms with E-state index < -0.39 is 17.4 Å². The molecular formula is C11H15ClFNO2. The predicted octanol–water partition coefficient (Wildman–Crippen LogP) is 2.14. The van der Waals surface area contributed by atoms with Crippen LogP contribution < -0.4 is 5.73 Å². The van der Waals surface area contributed by atoms with Crippen LogP contribution in [-0.2, 0) is 10.3 Å². The molecule has 0 aliphatic heterocycles. The van der Waals surface area contributed by atoms with E-state index >= 15 is 0 Å². The lowest BCUT2D eigenvalue weighted by molar-refractivity contribution is -0.143. The van der Waals surface area contributed by atoms with Crippen molar-refractivity contribution in [3.63, 3.8) is 0 Å². The van der Waals surface area contributed by atoms with Crippen LogP contribution in [0, 0.1) is 11.7 Å². The minimum absolute atomic E-state index is 0. The molecule has 2 unspecified atom stereocenters. The van der Waals surface area contributed by atoms with E-state index in [1.54, 1.807) is 6.92 Å². The Kier molecular flexibility index (Phi) is 4.90. The monoisotopic (exact) mass is 247 g/mol. The Bertz CT molecular complexity index is 365. The van der Waals surface area contributed by atoms with Crippen molar-refractivity contribution in [3.8, 4) is 0 Å². The fraction of sp³-hybridized carbons (Fsp3) is 0.364. The summed E-state index contributed by atoms with van der Waals surface area (Å²) in [4.78, 5) is 10.8. The summed E-state index contributed by atoms with van der Waals surface area (Å²) >= 11 is 0. The Morgan fingerprint density at radius 3 is 2.25 bits per heavy atom. The van der Waals surface area contributed by atoms with Crippen molar-refractivity contribution in [1.82, 2.24) is 0 Å². The number of carbonyl (C=O) groups is 1. The fourth-order valence-corrected chi connectivity index (χ4v) is 1.32. The van der Waals surface area contributed by atoms with Crippen LogP contribution in [0.15, 0.2) is 24.3 Å². The lowest BCUT2D eigenvalue weighted by atomic mass is 9.81. The molecule has 0 aliphatic carbocycles. The number of benzene rings is 1. The predicted molar refractivity (Wildman–Crippen MR) is 62.0 cm³/mol. The second kappa shape index (κ2) is 5.27. The maximum absolute atomic E-state index is 12.7. The summed E-state index contributed by atoms with van der Waals surface area (Å²) in [6.07, 6.45) is 0. The maximum Gasteiger partial charge on any atom is 0.308 e. The molecule has 1 aromatic carbocycles. The number of carboxylic acid groups (broad SMARTS) is 1. The number of carboxylic acids is 1. The van der Waals surface area contributed by atoms with Gasteiger partial charge in [0.2, 0.25) is 0 Å². The van der Waals surface area contributed by atoms with E-state index in [9.17, 15) is 9.18 Å². The molecule has 0 spiro atoms. The van der Waals surface area contributed by atoms with Crippen LogP contribution in [0.5, 0.6) is 0 Å². The van der Waals surface area contributed by atoms with Crippen LogP contribution >= 0.6 is 12.4 Å². The first-order chi connectivity index (χ1) is 6.85. The van der Waals surface area contributed by atoms with Crippen molar-refractivity contribution in [1.29, 1.82) is 0 Å². The smallest absolute Gasteiger partial charge is 0.308 e. The molecule has 0 amide bonds. The molecule has 0 aliphatic rings. The molecule has 0 bridgehead atoms. The van der Waals surface area contributed by atoms with Crippen LogP contribution in [0.3, 0.4) is 0 Å². The van der Waals surface area contributed by atoms with Gasteiger partial charge in [-0.1, -0.05) is 12.1 Å². The van der Waals surface area contributed by atoms with Gasteiger partial charge < -0.3 is 10.8 Å². The lowest BCUT2D eigenvalue weighted by Gasteiger charge is -2.29. The molecule has 0 saturated heterocycles.